The number of fused-ring (bicyclic) bond motifs is 1. The molecule has 0 bridgehead atoms. The van der Waals surface area contributed by atoms with Crippen molar-refractivity contribution >= 4 is 0 Å². The molecule has 2 aromatic heterocycles. The van der Waals surface area contributed by atoms with Gasteiger partial charge in [-0.25, -0.2) is 0 Å². The van der Waals surface area contributed by atoms with Crippen LogP contribution < -0.4 is 0 Å². The molecule has 5 nitrogen and oxygen atoms in total. The molecule has 1 unspecified atom stereocenters. The van der Waals surface area contributed by atoms with E-state index in [0.29, 0.717) is 12.4 Å². The average molecular weight is 261 g/mol. The fourth-order valence-corrected chi connectivity index (χ4v) is 3.02. The third-order valence-electron chi connectivity index (χ3n) is 3.91. The number of aryl methyl sites for hydroxylation is 1. The Kier molecular flexibility index (Phi) is 2.74. The van der Waals surface area contributed by atoms with E-state index < -0.39 is 0 Å². The highest BCUT2D eigenvalue weighted by molar-refractivity contribution is 5.33. The summed E-state index contributed by atoms with van der Waals surface area (Å²) in [4.78, 5) is 4.08. The Morgan fingerprint density at radius 2 is 2.32 bits per heavy atom. The smallest absolute Gasteiger partial charge is 0.213 e. The van der Waals surface area contributed by atoms with Crippen LogP contribution in [0.25, 0.3) is 0 Å². The summed E-state index contributed by atoms with van der Waals surface area (Å²) in [7, 11) is 0. The number of aliphatic hydroxyl groups is 1. The molecule has 0 aromatic carbocycles. The number of nitrogens with zero attached hydrogens (tertiary/aromatic N) is 3. The zero-order valence-corrected chi connectivity index (χ0v) is 11.6. The van der Waals surface area contributed by atoms with Gasteiger partial charge in [0.2, 0.25) is 6.39 Å². The van der Waals surface area contributed by atoms with Gasteiger partial charge in [-0.05, 0) is 31.2 Å². The van der Waals surface area contributed by atoms with E-state index >= 15 is 0 Å². The fourth-order valence-electron chi connectivity index (χ4n) is 3.02. The van der Waals surface area contributed by atoms with Crippen LogP contribution in [-0.2, 0) is 13.0 Å². The summed E-state index contributed by atoms with van der Waals surface area (Å²) in [6, 6.07) is 2.08. The van der Waals surface area contributed by atoms with Crippen LogP contribution in [-0.4, -0.2) is 19.8 Å². The molecule has 1 N–H and O–H groups in total. The molecule has 5 heteroatoms. The molecule has 102 valence electrons. The molecule has 0 spiro atoms. The van der Waals surface area contributed by atoms with Crippen molar-refractivity contribution in [1.82, 2.24) is 14.7 Å². The Bertz CT molecular complexity index is 584. The molecule has 0 saturated carbocycles. The van der Waals surface area contributed by atoms with Gasteiger partial charge in [-0.1, -0.05) is 19.0 Å². The van der Waals surface area contributed by atoms with Crippen LogP contribution in [0.3, 0.4) is 0 Å². The lowest BCUT2D eigenvalue weighted by Crippen LogP contribution is -2.27. The van der Waals surface area contributed by atoms with E-state index in [9.17, 15) is 5.11 Å². The lowest BCUT2D eigenvalue weighted by molar-refractivity contribution is 0.0980. The minimum absolute atomic E-state index is 0.117. The van der Waals surface area contributed by atoms with Crippen LogP contribution in [0.2, 0.25) is 0 Å². The topological polar surface area (TPSA) is 64.1 Å². The maximum Gasteiger partial charge on any atom is 0.213 e. The molecule has 3 rings (SSSR count). The summed E-state index contributed by atoms with van der Waals surface area (Å²) in [5.74, 6) is 0.666. The van der Waals surface area contributed by atoms with Gasteiger partial charge in [0, 0.05) is 17.0 Å². The Morgan fingerprint density at radius 3 is 3.00 bits per heavy atom. The molecule has 1 atom stereocenters. The molecule has 0 aliphatic heterocycles. The van der Waals surface area contributed by atoms with Crippen molar-refractivity contribution < 1.29 is 9.63 Å². The molecule has 0 radical (unpaired) electrons. The van der Waals surface area contributed by atoms with Crippen LogP contribution in [0.1, 0.15) is 49.1 Å². The van der Waals surface area contributed by atoms with E-state index in [1.54, 1.807) is 0 Å². The van der Waals surface area contributed by atoms with E-state index in [1.165, 1.54) is 12.1 Å². The summed E-state index contributed by atoms with van der Waals surface area (Å²) >= 11 is 0. The second-order valence-electron chi connectivity index (χ2n) is 6.18. The van der Waals surface area contributed by atoms with Crippen LogP contribution in [0.15, 0.2) is 17.0 Å². The van der Waals surface area contributed by atoms with Gasteiger partial charge in [-0.2, -0.15) is 4.98 Å². The maximum atomic E-state index is 10.3. The molecule has 0 fully saturated rings. The van der Waals surface area contributed by atoms with E-state index in [1.807, 2.05) is 0 Å². The van der Waals surface area contributed by atoms with Gasteiger partial charge in [0.15, 0.2) is 5.82 Å². The highest BCUT2D eigenvalue weighted by atomic mass is 16.5. The van der Waals surface area contributed by atoms with Crippen LogP contribution in [0.5, 0.6) is 0 Å². The average Bonchev–Trinajstić information content (AvgIpc) is 2.90. The number of hydrogen-bond acceptors (Lipinski definition) is 4. The van der Waals surface area contributed by atoms with Crippen molar-refractivity contribution in [3.05, 3.63) is 35.2 Å². The number of aliphatic hydroxyl groups excluding tert-OH is 1. The Hall–Kier alpha value is -1.62. The molecule has 1 aliphatic carbocycles. The molecular weight excluding hydrogens is 242 g/mol. The second-order valence-corrected chi connectivity index (χ2v) is 6.18. The molecule has 1 aliphatic rings. The quantitative estimate of drug-likeness (QED) is 0.900. The minimum atomic E-state index is -0.371. The highest BCUT2D eigenvalue weighted by Gasteiger charge is 2.34. The van der Waals surface area contributed by atoms with Crippen LogP contribution in [0.4, 0.5) is 0 Å². The monoisotopic (exact) mass is 261 g/mol. The van der Waals surface area contributed by atoms with E-state index in [0.717, 1.165) is 24.1 Å². The zero-order chi connectivity index (χ0) is 13.6. The summed E-state index contributed by atoms with van der Waals surface area (Å²) in [6.07, 6.45) is 2.75. The van der Waals surface area contributed by atoms with Crippen molar-refractivity contribution in [3.8, 4) is 0 Å². The van der Waals surface area contributed by atoms with Gasteiger partial charge in [-0.15, -0.1) is 0 Å². The van der Waals surface area contributed by atoms with Crippen molar-refractivity contribution in [1.29, 1.82) is 0 Å². The van der Waals surface area contributed by atoms with E-state index in [4.69, 9.17) is 4.52 Å². The zero-order valence-electron chi connectivity index (χ0n) is 11.6. The number of aromatic nitrogens is 3. The second kappa shape index (κ2) is 4.20. The van der Waals surface area contributed by atoms with Gasteiger partial charge >= 0.3 is 0 Å². The summed E-state index contributed by atoms with van der Waals surface area (Å²) in [5, 5.41) is 14.2. The summed E-state index contributed by atoms with van der Waals surface area (Å²) in [5.41, 5.74) is 3.50. The summed E-state index contributed by atoms with van der Waals surface area (Å²) < 4.78 is 6.97. The third kappa shape index (κ3) is 2.18. The van der Waals surface area contributed by atoms with Crippen LogP contribution in [0, 0.1) is 12.3 Å². The predicted octanol–water partition coefficient (Wildman–Crippen LogP) is 2.23. The number of rotatable bonds is 2. The lowest BCUT2D eigenvalue weighted by atomic mass is 9.75. The highest BCUT2D eigenvalue weighted by Crippen LogP contribution is 2.41. The first-order chi connectivity index (χ1) is 8.96. The van der Waals surface area contributed by atoms with Crippen LogP contribution >= 0.6 is 0 Å². The summed E-state index contributed by atoms with van der Waals surface area (Å²) in [6.45, 7) is 7.04. The van der Waals surface area contributed by atoms with Gasteiger partial charge in [-0.3, -0.25) is 0 Å². The van der Waals surface area contributed by atoms with Gasteiger partial charge in [0.1, 0.15) is 0 Å². The standard InChI is InChI=1S/C14H19N3O2/c1-9-4-10-11(5-14(2,3)6-12(10)18)17(9)7-13-15-8-19-16-13/h4,8,12,18H,5-7H2,1-3H3. The molecule has 2 heterocycles. The molecule has 0 saturated heterocycles. The van der Waals surface area contributed by atoms with E-state index in [2.05, 4.69) is 41.5 Å². The Balaban J connectivity index is 2.02. The molecule has 19 heavy (non-hydrogen) atoms. The van der Waals surface area contributed by atoms with Crippen molar-refractivity contribution in [2.75, 3.05) is 0 Å². The first-order valence-electron chi connectivity index (χ1n) is 6.58. The number of hydrogen-bond donors (Lipinski definition) is 1. The minimum Gasteiger partial charge on any atom is -0.388 e. The Labute approximate surface area is 112 Å². The van der Waals surface area contributed by atoms with Crippen molar-refractivity contribution in [3.63, 3.8) is 0 Å². The first kappa shape index (κ1) is 12.4. The molecular formula is C14H19N3O2. The van der Waals surface area contributed by atoms with E-state index in [-0.39, 0.29) is 11.5 Å². The fraction of sp³-hybridized carbons (Fsp3) is 0.571. The van der Waals surface area contributed by atoms with Crippen molar-refractivity contribution in [2.24, 2.45) is 5.41 Å². The van der Waals surface area contributed by atoms with Gasteiger partial charge in [0.25, 0.3) is 0 Å². The normalized spacial score (nSPS) is 21.4. The third-order valence-corrected chi connectivity index (χ3v) is 3.91. The van der Waals surface area contributed by atoms with Gasteiger partial charge < -0.3 is 14.2 Å². The SMILES string of the molecule is Cc1cc2c(n1Cc1ncon1)CC(C)(C)CC2O. The lowest BCUT2D eigenvalue weighted by Gasteiger charge is -2.33. The van der Waals surface area contributed by atoms with Crippen molar-refractivity contribution in [2.45, 2.75) is 46.3 Å². The predicted molar refractivity (Wildman–Crippen MR) is 69.6 cm³/mol. The maximum absolute atomic E-state index is 10.3. The van der Waals surface area contributed by atoms with Gasteiger partial charge in [0.05, 0.1) is 12.6 Å². The molecule has 2 aromatic rings. The Morgan fingerprint density at radius 1 is 1.53 bits per heavy atom. The molecule has 0 amide bonds. The first-order valence-corrected chi connectivity index (χ1v) is 6.58. The largest absolute Gasteiger partial charge is 0.388 e.